The van der Waals surface area contributed by atoms with E-state index in [9.17, 15) is 8.42 Å². The molecule has 6 nitrogen and oxygen atoms in total. The zero-order chi connectivity index (χ0) is 15.8. The normalized spacial score (nSPS) is 11.7. The summed E-state index contributed by atoms with van der Waals surface area (Å²) in [6.45, 7) is 5.53. The molecule has 0 aliphatic heterocycles. The Morgan fingerprint density at radius 3 is 2.38 bits per heavy atom. The number of rotatable bonds is 4. The number of hydrogen-bond donors (Lipinski definition) is 3. The average Bonchev–Trinajstić information content (AvgIpc) is 2.75. The molecular weight excluding hydrogens is 356 g/mol. The van der Waals surface area contributed by atoms with Gasteiger partial charge in [-0.2, -0.15) is 13.5 Å². The molecule has 21 heavy (non-hydrogen) atoms. The molecule has 0 saturated heterocycles. The first-order valence-corrected chi connectivity index (χ1v) is 8.57. The molecule has 1 heterocycles. The molecule has 4 N–H and O–H groups in total. The van der Waals surface area contributed by atoms with Gasteiger partial charge in [-0.25, -0.2) is 0 Å². The fraction of sp³-hybridized carbons (Fsp3) is 0.308. The number of nitrogens with two attached hydrogens (primary N) is 1. The highest BCUT2D eigenvalue weighted by atomic mass is 79.9. The van der Waals surface area contributed by atoms with Gasteiger partial charge in [-0.05, 0) is 44.0 Å². The van der Waals surface area contributed by atoms with Gasteiger partial charge in [0.2, 0.25) is 5.03 Å². The van der Waals surface area contributed by atoms with Crippen molar-refractivity contribution in [3.63, 3.8) is 0 Å². The van der Waals surface area contributed by atoms with Crippen LogP contribution in [0, 0.1) is 20.8 Å². The Morgan fingerprint density at radius 1 is 1.29 bits per heavy atom. The van der Waals surface area contributed by atoms with Crippen LogP contribution in [0.15, 0.2) is 21.6 Å². The first-order chi connectivity index (χ1) is 9.76. The molecule has 0 fully saturated rings. The molecule has 0 saturated carbocycles. The van der Waals surface area contributed by atoms with E-state index < -0.39 is 10.0 Å². The SMILES string of the molecule is Cc1cc(Br)cc(C)c1NS(=O)(=O)c1n[nH]c(C)c1CN. The lowest BCUT2D eigenvalue weighted by atomic mass is 10.1. The average molecular weight is 373 g/mol. The maximum Gasteiger partial charge on any atom is 0.281 e. The van der Waals surface area contributed by atoms with E-state index in [0.717, 1.165) is 15.6 Å². The molecular formula is C13H17BrN4O2S. The highest BCUT2D eigenvalue weighted by Gasteiger charge is 2.24. The second-order valence-electron chi connectivity index (χ2n) is 4.86. The number of aromatic amines is 1. The Morgan fingerprint density at radius 2 is 1.86 bits per heavy atom. The summed E-state index contributed by atoms with van der Waals surface area (Å²) < 4.78 is 28.5. The first kappa shape index (κ1) is 16.0. The van der Waals surface area contributed by atoms with E-state index in [-0.39, 0.29) is 11.6 Å². The summed E-state index contributed by atoms with van der Waals surface area (Å²) in [5.41, 5.74) is 8.97. The van der Waals surface area contributed by atoms with E-state index in [1.54, 1.807) is 6.92 Å². The van der Waals surface area contributed by atoms with Crippen LogP contribution in [-0.2, 0) is 16.6 Å². The molecule has 2 rings (SSSR count). The van der Waals surface area contributed by atoms with Crippen LogP contribution in [-0.4, -0.2) is 18.6 Å². The van der Waals surface area contributed by atoms with Crippen LogP contribution in [0.2, 0.25) is 0 Å². The van der Waals surface area contributed by atoms with Crippen LogP contribution in [0.1, 0.15) is 22.4 Å². The van der Waals surface area contributed by atoms with Crippen LogP contribution in [0.3, 0.4) is 0 Å². The Labute approximate surface area is 132 Å². The zero-order valence-corrected chi connectivity index (χ0v) is 14.4. The Kier molecular flexibility index (Phi) is 4.40. The predicted octanol–water partition coefficient (Wildman–Crippen LogP) is 2.36. The van der Waals surface area contributed by atoms with E-state index >= 15 is 0 Å². The third-order valence-electron chi connectivity index (χ3n) is 3.23. The predicted molar refractivity (Wildman–Crippen MR) is 85.6 cm³/mol. The van der Waals surface area contributed by atoms with Crippen molar-refractivity contribution in [2.75, 3.05) is 4.72 Å². The molecule has 0 amide bonds. The van der Waals surface area contributed by atoms with Gasteiger partial charge in [0.05, 0.1) is 5.69 Å². The second-order valence-corrected chi connectivity index (χ2v) is 7.37. The summed E-state index contributed by atoms with van der Waals surface area (Å²) in [4.78, 5) is 0. The second kappa shape index (κ2) is 5.78. The maximum atomic E-state index is 12.5. The molecule has 0 aliphatic rings. The first-order valence-electron chi connectivity index (χ1n) is 6.29. The molecule has 0 spiro atoms. The summed E-state index contributed by atoms with van der Waals surface area (Å²) in [5, 5.41) is 6.48. The third-order valence-corrected chi connectivity index (χ3v) is 5.01. The van der Waals surface area contributed by atoms with Gasteiger partial charge in [0.15, 0.2) is 0 Å². The molecule has 8 heteroatoms. The highest BCUT2D eigenvalue weighted by molar-refractivity contribution is 9.10. The lowest BCUT2D eigenvalue weighted by Gasteiger charge is -2.13. The molecule has 1 aromatic heterocycles. The monoisotopic (exact) mass is 372 g/mol. The van der Waals surface area contributed by atoms with Crippen LogP contribution in [0.4, 0.5) is 5.69 Å². The van der Waals surface area contributed by atoms with Crippen molar-refractivity contribution in [1.82, 2.24) is 10.2 Å². The number of nitrogens with zero attached hydrogens (tertiary/aromatic N) is 1. The van der Waals surface area contributed by atoms with Crippen LogP contribution >= 0.6 is 15.9 Å². The van der Waals surface area contributed by atoms with E-state index in [0.29, 0.717) is 16.9 Å². The maximum absolute atomic E-state index is 12.5. The summed E-state index contributed by atoms with van der Waals surface area (Å²) in [5.74, 6) is 0. The van der Waals surface area contributed by atoms with Crippen molar-refractivity contribution in [2.24, 2.45) is 5.73 Å². The van der Waals surface area contributed by atoms with E-state index in [2.05, 4.69) is 30.8 Å². The molecule has 0 aliphatic carbocycles. The van der Waals surface area contributed by atoms with Gasteiger partial charge in [-0.15, -0.1) is 0 Å². The minimum atomic E-state index is -3.78. The fourth-order valence-corrected chi connectivity index (χ4v) is 4.25. The summed E-state index contributed by atoms with van der Waals surface area (Å²) >= 11 is 3.39. The molecule has 0 bridgehead atoms. The number of nitrogens with one attached hydrogen (secondary N) is 2. The summed E-state index contributed by atoms with van der Waals surface area (Å²) in [7, 11) is -3.78. The Hall–Kier alpha value is -1.38. The molecule has 2 aromatic rings. The van der Waals surface area contributed by atoms with Crippen molar-refractivity contribution < 1.29 is 8.42 Å². The molecule has 1 aromatic carbocycles. The number of hydrogen-bond acceptors (Lipinski definition) is 4. The van der Waals surface area contributed by atoms with Crippen molar-refractivity contribution in [2.45, 2.75) is 32.3 Å². The Bertz CT molecular complexity index is 760. The minimum Gasteiger partial charge on any atom is -0.326 e. The summed E-state index contributed by atoms with van der Waals surface area (Å²) in [6.07, 6.45) is 0. The quantitative estimate of drug-likeness (QED) is 0.766. The molecule has 114 valence electrons. The number of H-pyrrole nitrogens is 1. The minimum absolute atomic E-state index is 0.0516. The van der Waals surface area contributed by atoms with Crippen LogP contribution < -0.4 is 10.5 Å². The molecule has 0 unspecified atom stereocenters. The van der Waals surface area contributed by atoms with Gasteiger partial charge in [0, 0.05) is 22.3 Å². The van der Waals surface area contributed by atoms with Crippen molar-refractivity contribution >= 4 is 31.6 Å². The number of sulfonamides is 1. The molecule has 0 atom stereocenters. The van der Waals surface area contributed by atoms with Gasteiger partial charge < -0.3 is 5.73 Å². The lowest BCUT2D eigenvalue weighted by Crippen LogP contribution is -2.17. The van der Waals surface area contributed by atoms with Crippen molar-refractivity contribution in [1.29, 1.82) is 0 Å². The number of anilines is 1. The van der Waals surface area contributed by atoms with Gasteiger partial charge in [0.25, 0.3) is 10.0 Å². The van der Waals surface area contributed by atoms with E-state index in [1.807, 2.05) is 26.0 Å². The van der Waals surface area contributed by atoms with Gasteiger partial charge >= 0.3 is 0 Å². The number of halogens is 1. The summed E-state index contributed by atoms with van der Waals surface area (Å²) in [6, 6.07) is 3.70. The number of aryl methyl sites for hydroxylation is 3. The van der Waals surface area contributed by atoms with E-state index in [4.69, 9.17) is 5.73 Å². The highest BCUT2D eigenvalue weighted by Crippen LogP contribution is 2.28. The molecule has 0 radical (unpaired) electrons. The van der Waals surface area contributed by atoms with E-state index in [1.165, 1.54) is 0 Å². The zero-order valence-electron chi connectivity index (χ0n) is 12.0. The Balaban J connectivity index is 2.47. The fourth-order valence-electron chi connectivity index (χ4n) is 2.15. The van der Waals surface area contributed by atoms with Crippen LogP contribution in [0.5, 0.6) is 0 Å². The third kappa shape index (κ3) is 3.12. The van der Waals surface area contributed by atoms with Crippen LogP contribution in [0.25, 0.3) is 0 Å². The van der Waals surface area contributed by atoms with Gasteiger partial charge in [-0.3, -0.25) is 9.82 Å². The largest absolute Gasteiger partial charge is 0.326 e. The standard InChI is InChI=1S/C13H17BrN4O2S/c1-7-4-10(14)5-8(2)12(7)18-21(19,20)13-11(6-15)9(3)16-17-13/h4-5,18H,6,15H2,1-3H3,(H,16,17). The number of benzene rings is 1. The topological polar surface area (TPSA) is 101 Å². The van der Waals surface area contributed by atoms with Gasteiger partial charge in [0.1, 0.15) is 0 Å². The van der Waals surface area contributed by atoms with Crippen molar-refractivity contribution in [3.05, 3.63) is 39.0 Å². The lowest BCUT2D eigenvalue weighted by molar-refractivity contribution is 0.595. The number of aromatic nitrogens is 2. The van der Waals surface area contributed by atoms with Gasteiger partial charge in [-0.1, -0.05) is 15.9 Å². The van der Waals surface area contributed by atoms with Crippen molar-refractivity contribution in [3.8, 4) is 0 Å². The smallest absolute Gasteiger partial charge is 0.281 e.